The molecule has 0 radical (unpaired) electrons. The highest BCUT2D eigenvalue weighted by molar-refractivity contribution is 7.89. The van der Waals surface area contributed by atoms with Gasteiger partial charge < -0.3 is 10.6 Å². The first-order valence-corrected chi connectivity index (χ1v) is 10.3. The monoisotopic (exact) mass is 390 g/mol. The van der Waals surface area contributed by atoms with Crippen molar-refractivity contribution in [3.05, 3.63) is 65.5 Å². The van der Waals surface area contributed by atoms with E-state index >= 15 is 0 Å². The van der Waals surface area contributed by atoms with Crippen molar-refractivity contribution in [3.8, 4) is 0 Å². The Morgan fingerprint density at radius 2 is 1.74 bits per heavy atom. The Labute approximate surface area is 159 Å². The highest BCUT2D eigenvalue weighted by Crippen LogP contribution is 2.22. The molecule has 0 aromatic heterocycles. The molecule has 0 spiro atoms. The summed E-state index contributed by atoms with van der Waals surface area (Å²) in [6.45, 7) is 0.781. The topological polar surface area (TPSA) is 82.6 Å². The van der Waals surface area contributed by atoms with Gasteiger partial charge in [0.15, 0.2) is 5.96 Å². The van der Waals surface area contributed by atoms with Crippen LogP contribution in [0.25, 0.3) is 0 Å². The number of guanidine groups is 1. The van der Waals surface area contributed by atoms with E-state index < -0.39 is 10.0 Å². The zero-order valence-corrected chi connectivity index (χ0v) is 15.9. The van der Waals surface area contributed by atoms with Gasteiger partial charge in [0.2, 0.25) is 10.0 Å². The second kappa shape index (κ2) is 8.49. The van der Waals surface area contributed by atoms with Crippen molar-refractivity contribution >= 4 is 16.0 Å². The molecule has 3 N–H and O–H groups in total. The van der Waals surface area contributed by atoms with E-state index in [2.05, 4.69) is 20.3 Å². The largest absolute Gasteiger partial charge is 0.352 e. The van der Waals surface area contributed by atoms with Crippen LogP contribution < -0.4 is 15.4 Å². The minimum atomic E-state index is -3.44. The van der Waals surface area contributed by atoms with Crippen molar-refractivity contribution in [1.82, 2.24) is 15.4 Å². The molecular weight excluding hydrogens is 367 g/mol. The summed E-state index contributed by atoms with van der Waals surface area (Å²) in [5.74, 6) is 0.266. The van der Waals surface area contributed by atoms with Crippen LogP contribution in [0.3, 0.4) is 0 Å². The normalized spacial score (nSPS) is 14.8. The molecule has 27 heavy (non-hydrogen) atoms. The number of nitrogens with zero attached hydrogens (tertiary/aromatic N) is 1. The number of sulfonamides is 1. The predicted molar refractivity (Wildman–Crippen MR) is 103 cm³/mol. The van der Waals surface area contributed by atoms with Gasteiger partial charge in [-0.15, -0.1) is 0 Å². The fraction of sp³-hybridized carbons (Fsp3) is 0.316. The van der Waals surface area contributed by atoms with E-state index in [0.717, 1.165) is 18.4 Å². The van der Waals surface area contributed by atoms with Gasteiger partial charge in [-0.2, -0.15) is 0 Å². The number of rotatable bonds is 7. The highest BCUT2D eigenvalue weighted by Gasteiger charge is 2.27. The quantitative estimate of drug-likeness (QED) is 0.500. The van der Waals surface area contributed by atoms with Gasteiger partial charge in [-0.25, -0.2) is 17.5 Å². The van der Waals surface area contributed by atoms with E-state index in [1.165, 1.54) is 6.07 Å². The maximum Gasteiger partial charge on any atom is 0.240 e. The molecule has 2 aromatic carbocycles. The summed E-state index contributed by atoms with van der Waals surface area (Å²) < 4.78 is 40.7. The molecule has 1 aliphatic carbocycles. The van der Waals surface area contributed by atoms with Crippen LogP contribution in [0.1, 0.15) is 24.0 Å². The lowest BCUT2D eigenvalue weighted by Gasteiger charge is -2.13. The molecule has 6 nitrogen and oxygen atoms in total. The van der Waals surface area contributed by atoms with Crippen LogP contribution in [-0.4, -0.2) is 27.5 Å². The third-order valence-electron chi connectivity index (χ3n) is 4.22. The maximum atomic E-state index is 13.7. The Hall–Kier alpha value is -2.45. The van der Waals surface area contributed by atoms with Gasteiger partial charge in [-0.3, -0.25) is 4.99 Å². The fourth-order valence-electron chi connectivity index (χ4n) is 2.50. The second-order valence-corrected chi connectivity index (χ2v) is 8.12. The molecule has 0 amide bonds. The molecule has 1 fully saturated rings. The lowest BCUT2D eigenvalue weighted by atomic mass is 10.2. The SMILES string of the molecule is CN=C(NCc1ccc(S(=O)(=O)NC2CC2)cc1)NCc1ccccc1F. The van der Waals surface area contributed by atoms with Gasteiger partial charge in [-0.1, -0.05) is 30.3 Å². The minimum absolute atomic E-state index is 0.0835. The van der Waals surface area contributed by atoms with Crippen LogP contribution in [0.4, 0.5) is 4.39 Å². The third-order valence-corrected chi connectivity index (χ3v) is 5.76. The highest BCUT2D eigenvalue weighted by atomic mass is 32.2. The molecule has 0 aliphatic heterocycles. The molecule has 0 heterocycles. The Kier molecular flexibility index (Phi) is 6.08. The summed E-state index contributed by atoms with van der Waals surface area (Å²) in [5.41, 5.74) is 1.47. The molecule has 8 heteroatoms. The number of hydrogen-bond acceptors (Lipinski definition) is 3. The van der Waals surface area contributed by atoms with E-state index in [1.807, 2.05) is 0 Å². The molecule has 2 aromatic rings. The smallest absolute Gasteiger partial charge is 0.240 e. The molecule has 1 saturated carbocycles. The minimum Gasteiger partial charge on any atom is -0.352 e. The van der Waals surface area contributed by atoms with Crippen molar-refractivity contribution in [3.63, 3.8) is 0 Å². The third kappa shape index (κ3) is 5.51. The zero-order valence-electron chi connectivity index (χ0n) is 15.1. The zero-order chi connectivity index (χ0) is 19.3. The summed E-state index contributed by atoms with van der Waals surface area (Å²) >= 11 is 0. The van der Waals surface area contributed by atoms with Crippen molar-refractivity contribution < 1.29 is 12.8 Å². The molecule has 1 aliphatic rings. The van der Waals surface area contributed by atoms with Crippen LogP contribution in [0.15, 0.2) is 58.4 Å². The number of hydrogen-bond donors (Lipinski definition) is 3. The van der Waals surface area contributed by atoms with Crippen LogP contribution in [0.5, 0.6) is 0 Å². The number of benzene rings is 2. The van der Waals surface area contributed by atoms with Crippen LogP contribution in [-0.2, 0) is 23.1 Å². The first kappa shape index (κ1) is 19.3. The molecule has 0 bridgehead atoms. The van der Waals surface area contributed by atoms with Gasteiger partial charge in [0, 0.05) is 31.7 Å². The van der Waals surface area contributed by atoms with E-state index in [9.17, 15) is 12.8 Å². The van der Waals surface area contributed by atoms with Crippen molar-refractivity contribution in [2.75, 3.05) is 7.05 Å². The fourth-order valence-corrected chi connectivity index (χ4v) is 3.81. The Bertz CT molecular complexity index is 910. The lowest BCUT2D eigenvalue weighted by molar-refractivity contribution is 0.581. The summed E-state index contributed by atoms with van der Waals surface area (Å²) in [6, 6.07) is 13.4. The van der Waals surface area contributed by atoms with Crippen LogP contribution in [0.2, 0.25) is 0 Å². The van der Waals surface area contributed by atoms with Gasteiger partial charge in [0.25, 0.3) is 0 Å². The van der Waals surface area contributed by atoms with E-state index in [-0.39, 0.29) is 16.8 Å². The summed E-state index contributed by atoms with van der Waals surface area (Å²) in [4.78, 5) is 4.37. The van der Waals surface area contributed by atoms with Gasteiger partial charge in [0.05, 0.1) is 4.90 Å². The van der Waals surface area contributed by atoms with Crippen LogP contribution in [0, 0.1) is 5.82 Å². The summed E-state index contributed by atoms with van der Waals surface area (Å²) in [7, 11) is -1.80. The average Bonchev–Trinajstić information content (AvgIpc) is 3.47. The lowest BCUT2D eigenvalue weighted by Crippen LogP contribution is -2.36. The first-order valence-electron chi connectivity index (χ1n) is 8.77. The molecule has 0 unspecified atom stereocenters. The Balaban J connectivity index is 1.53. The Morgan fingerprint density at radius 1 is 1.07 bits per heavy atom. The van der Waals surface area contributed by atoms with E-state index in [0.29, 0.717) is 24.6 Å². The van der Waals surface area contributed by atoms with Crippen molar-refractivity contribution in [1.29, 1.82) is 0 Å². The van der Waals surface area contributed by atoms with Gasteiger partial charge in [-0.05, 0) is 36.6 Å². The maximum absolute atomic E-state index is 13.7. The molecule has 144 valence electrons. The van der Waals surface area contributed by atoms with Crippen molar-refractivity contribution in [2.24, 2.45) is 4.99 Å². The van der Waals surface area contributed by atoms with Crippen LogP contribution >= 0.6 is 0 Å². The predicted octanol–water partition coefficient (Wildman–Crippen LogP) is 2.13. The standard InChI is InChI=1S/C19H23FN4O2S/c1-21-19(23-13-15-4-2-3-5-18(15)20)22-12-14-6-10-17(11-7-14)27(25,26)24-16-8-9-16/h2-7,10-11,16,24H,8-9,12-13H2,1H3,(H2,21,22,23). The second-order valence-electron chi connectivity index (χ2n) is 6.41. The molecule has 3 rings (SSSR count). The summed E-state index contributed by atoms with van der Waals surface area (Å²) in [6.07, 6.45) is 1.81. The van der Waals surface area contributed by atoms with Crippen molar-refractivity contribution in [2.45, 2.75) is 36.9 Å². The molecule has 0 atom stereocenters. The number of aliphatic imine (C=N–C) groups is 1. The van der Waals surface area contributed by atoms with E-state index in [1.54, 1.807) is 49.5 Å². The molecule has 0 saturated heterocycles. The first-order chi connectivity index (χ1) is 13.0. The van der Waals surface area contributed by atoms with Gasteiger partial charge in [0.1, 0.15) is 5.82 Å². The Morgan fingerprint density at radius 3 is 2.37 bits per heavy atom. The average molecular weight is 390 g/mol. The number of halogens is 1. The molecular formula is C19H23FN4O2S. The summed E-state index contributed by atoms with van der Waals surface area (Å²) in [5, 5.41) is 6.18. The van der Waals surface area contributed by atoms with Gasteiger partial charge >= 0.3 is 0 Å². The number of nitrogens with one attached hydrogen (secondary N) is 3. The van der Waals surface area contributed by atoms with E-state index in [4.69, 9.17) is 0 Å².